The van der Waals surface area contributed by atoms with Gasteiger partial charge in [0.25, 0.3) is 0 Å². The molecule has 2 heterocycles. The van der Waals surface area contributed by atoms with Crippen LogP contribution < -0.4 is 4.74 Å². The summed E-state index contributed by atoms with van der Waals surface area (Å²) in [6.07, 6.45) is 4.48. The van der Waals surface area contributed by atoms with Crippen molar-refractivity contribution in [1.82, 2.24) is 14.7 Å². The Kier molecular flexibility index (Phi) is 5.56. The van der Waals surface area contributed by atoms with Gasteiger partial charge >= 0.3 is 6.09 Å². The molecule has 0 spiro atoms. The molecule has 0 atom stereocenters. The minimum atomic E-state index is -0.551. The molecule has 1 aromatic carbocycles. The van der Waals surface area contributed by atoms with E-state index in [1.54, 1.807) is 18.2 Å². The van der Waals surface area contributed by atoms with Crippen molar-refractivity contribution in [2.75, 3.05) is 20.2 Å². The van der Waals surface area contributed by atoms with Crippen molar-refractivity contribution < 1.29 is 14.3 Å². The van der Waals surface area contributed by atoms with E-state index in [1.165, 1.54) is 0 Å². The van der Waals surface area contributed by atoms with Gasteiger partial charge < -0.3 is 14.4 Å². The molecule has 0 saturated carbocycles. The Morgan fingerprint density at radius 3 is 2.66 bits per heavy atom. The number of hydrogen-bond acceptors (Lipinski definition) is 5. The van der Waals surface area contributed by atoms with Crippen LogP contribution in [0.4, 0.5) is 4.79 Å². The number of aromatic nitrogens is 2. The van der Waals surface area contributed by atoms with E-state index in [0.29, 0.717) is 13.1 Å². The third-order valence-corrected chi connectivity index (χ3v) is 5.09. The molecule has 1 fully saturated rings. The highest BCUT2D eigenvalue weighted by molar-refractivity contribution is 5.72. The van der Waals surface area contributed by atoms with Crippen LogP contribution in [0, 0.1) is 11.3 Å². The van der Waals surface area contributed by atoms with Crippen molar-refractivity contribution in [3.8, 4) is 22.9 Å². The SMILES string of the molecule is CCc1cccc(-c2cnn(C3(CC#N)CN(C(=O)OC(C)(C)C)C3)c2)c1OC. The molecule has 2 aromatic rings. The van der Waals surface area contributed by atoms with Crippen LogP contribution in [0.5, 0.6) is 5.75 Å². The molecule has 7 nitrogen and oxygen atoms in total. The number of ether oxygens (including phenoxy) is 2. The van der Waals surface area contributed by atoms with Gasteiger partial charge in [0.05, 0.1) is 38.9 Å². The summed E-state index contributed by atoms with van der Waals surface area (Å²) in [6, 6.07) is 8.30. The topological polar surface area (TPSA) is 80.4 Å². The summed E-state index contributed by atoms with van der Waals surface area (Å²) in [7, 11) is 1.67. The van der Waals surface area contributed by atoms with Crippen molar-refractivity contribution in [2.24, 2.45) is 0 Å². The number of nitriles is 1. The van der Waals surface area contributed by atoms with E-state index < -0.39 is 11.1 Å². The second kappa shape index (κ2) is 7.78. The van der Waals surface area contributed by atoms with Crippen LogP contribution in [0.1, 0.15) is 39.7 Å². The molecule has 0 bridgehead atoms. The van der Waals surface area contributed by atoms with Crippen LogP contribution in [-0.2, 0) is 16.7 Å². The maximum Gasteiger partial charge on any atom is 0.410 e. The fraction of sp³-hybridized carbons (Fsp3) is 0.500. The molecule has 1 saturated heterocycles. The van der Waals surface area contributed by atoms with Gasteiger partial charge in [-0.1, -0.05) is 25.1 Å². The average Bonchev–Trinajstić information content (AvgIpc) is 3.12. The maximum atomic E-state index is 12.3. The smallest absolute Gasteiger partial charge is 0.410 e. The number of aryl methyl sites for hydroxylation is 1. The normalized spacial score (nSPS) is 15.4. The van der Waals surface area contributed by atoms with E-state index >= 15 is 0 Å². The molecule has 1 aliphatic rings. The number of likely N-dealkylation sites (tertiary alicyclic amines) is 1. The summed E-state index contributed by atoms with van der Waals surface area (Å²) in [5, 5.41) is 13.9. The molecule has 0 unspecified atom stereocenters. The number of rotatable bonds is 5. The van der Waals surface area contributed by atoms with E-state index in [1.807, 2.05) is 43.8 Å². The minimum absolute atomic E-state index is 0.263. The zero-order chi connectivity index (χ0) is 21.2. The Morgan fingerprint density at radius 1 is 1.34 bits per heavy atom. The van der Waals surface area contributed by atoms with Crippen LogP contribution >= 0.6 is 0 Å². The highest BCUT2D eigenvalue weighted by Gasteiger charge is 2.48. The number of hydrogen-bond donors (Lipinski definition) is 0. The number of para-hydroxylation sites is 1. The van der Waals surface area contributed by atoms with Gasteiger partial charge in [-0.15, -0.1) is 0 Å². The fourth-order valence-corrected chi connectivity index (χ4v) is 3.66. The van der Waals surface area contributed by atoms with Crippen LogP contribution in [0.25, 0.3) is 11.1 Å². The summed E-state index contributed by atoms with van der Waals surface area (Å²) >= 11 is 0. The first-order valence-electron chi connectivity index (χ1n) is 9.79. The molecule has 154 valence electrons. The molecule has 0 radical (unpaired) electrons. The number of amides is 1. The number of carbonyl (C=O) groups excluding carboxylic acids is 1. The first-order valence-corrected chi connectivity index (χ1v) is 9.79. The van der Waals surface area contributed by atoms with Gasteiger partial charge in [0.1, 0.15) is 16.9 Å². The van der Waals surface area contributed by atoms with Gasteiger partial charge in [-0.05, 0) is 32.8 Å². The summed E-state index contributed by atoms with van der Waals surface area (Å²) in [6.45, 7) is 8.39. The number of nitrogens with zero attached hydrogens (tertiary/aromatic N) is 4. The molecule has 1 amide bonds. The van der Waals surface area contributed by atoms with Gasteiger partial charge in [0.15, 0.2) is 0 Å². The van der Waals surface area contributed by atoms with Crippen molar-refractivity contribution >= 4 is 6.09 Å². The summed E-state index contributed by atoms with van der Waals surface area (Å²) in [5.41, 5.74) is 1.92. The lowest BCUT2D eigenvalue weighted by molar-refractivity contribution is -0.0314. The quantitative estimate of drug-likeness (QED) is 0.764. The maximum absolute atomic E-state index is 12.3. The first-order chi connectivity index (χ1) is 13.7. The van der Waals surface area contributed by atoms with Gasteiger partial charge in [-0.25, -0.2) is 4.79 Å². The molecule has 3 rings (SSSR count). The van der Waals surface area contributed by atoms with E-state index in [0.717, 1.165) is 28.9 Å². The average molecular weight is 396 g/mol. The summed E-state index contributed by atoms with van der Waals surface area (Å²) in [5.74, 6) is 0.841. The van der Waals surface area contributed by atoms with Crippen molar-refractivity contribution in [3.63, 3.8) is 0 Å². The first kappa shape index (κ1) is 20.7. The van der Waals surface area contributed by atoms with Crippen LogP contribution in [0.2, 0.25) is 0 Å². The molecular formula is C22H28N4O3. The Labute approximate surface area is 171 Å². The lowest BCUT2D eigenvalue weighted by Crippen LogP contribution is -2.64. The number of benzene rings is 1. The molecule has 1 aromatic heterocycles. The fourth-order valence-electron chi connectivity index (χ4n) is 3.66. The van der Waals surface area contributed by atoms with Crippen molar-refractivity contribution in [2.45, 2.75) is 51.7 Å². The second-order valence-corrected chi connectivity index (χ2v) is 8.42. The van der Waals surface area contributed by atoms with Crippen molar-refractivity contribution in [1.29, 1.82) is 5.26 Å². The van der Waals surface area contributed by atoms with Crippen molar-refractivity contribution in [3.05, 3.63) is 36.2 Å². The standard InChI is InChI=1S/C22H28N4O3/c1-6-16-8-7-9-18(19(16)28-5)17-12-24-26(13-17)22(10-11-23)14-25(15-22)20(27)29-21(2,3)4/h7-9,12-13H,6,10,14-15H2,1-5H3. The van der Waals surface area contributed by atoms with E-state index in [2.05, 4.69) is 24.2 Å². The number of methoxy groups -OCH3 is 1. The monoisotopic (exact) mass is 396 g/mol. The molecule has 29 heavy (non-hydrogen) atoms. The third-order valence-electron chi connectivity index (χ3n) is 5.09. The molecule has 1 aliphatic heterocycles. The van der Waals surface area contributed by atoms with E-state index in [9.17, 15) is 10.1 Å². The lowest BCUT2D eigenvalue weighted by atomic mass is 9.87. The Bertz CT molecular complexity index is 930. The van der Waals surface area contributed by atoms with E-state index in [-0.39, 0.29) is 12.5 Å². The van der Waals surface area contributed by atoms with Crippen LogP contribution in [0.3, 0.4) is 0 Å². The summed E-state index contributed by atoms with van der Waals surface area (Å²) in [4.78, 5) is 13.9. The largest absolute Gasteiger partial charge is 0.496 e. The molecule has 0 aliphatic carbocycles. The molecule has 7 heteroatoms. The van der Waals surface area contributed by atoms with Gasteiger partial charge in [-0.3, -0.25) is 4.68 Å². The zero-order valence-corrected chi connectivity index (χ0v) is 17.7. The predicted octanol–water partition coefficient (Wildman–Crippen LogP) is 3.98. The highest BCUT2D eigenvalue weighted by atomic mass is 16.6. The minimum Gasteiger partial charge on any atom is -0.496 e. The lowest BCUT2D eigenvalue weighted by Gasteiger charge is -2.48. The number of carbonyl (C=O) groups is 1. The van der Waals surface area contributed by atoms with E-state index in [4.69, 9.17) is 9.47 Å². The molecular weight excluding hydrogens is 368 g/mol. The van der Waals surface area contributed by atoms with Crippen LogP contribution in [0.15, 0.2) is 30.6 Å². The van der Waals surface area contributed by atoms with Crippen LogP contribution in [-0.4, -0.2) is 46.6 Å². The highest BCUT2D eigenvalue weighted by Crippen LogP contribution is 2.37. The Hall–Kier alpha value is -3.01. The third kappa shape index (κ3) is 4.07. The second-order valence-electron chi connectivity index (χ2n) is 8.42. The van der Waals surface area contributed by atoms with Gasteiger partial charge in [-0.2, -0.15) is 10.4 Å². The Morgan fingerprint density at radius 2 is 2.07 bits per heavy atom. The summed E-state index contributed by atoms with van der Waals surface area (Å²) < 4.78 is 12.9. The Balaban J connectivity index is 1.85. The van der Waals surface area contributed by atoms with Gasteiger partial charge in [0.2, 0.25) is 0 Å². The zero-order valence-electron chi connectivity index (χ0n) is 17.7. The predicted molar refractivity (Wildman–Crippen MR) is 110 cm³/mol. The molecule has 0 N–H and O–H groups in total. The van der Waals surface area contributed by atoms with Gasteiger partial charge in [0, 0.05) is 17.3 Å².